The third-order valence-corrected chi connectivity index (χ3v) is 9.46. The lowest BCUT2D eigenvalue weighted by molar-refractivity contribution is -0.135. The molecule has 4 aromatic heterocycles. The number of alkyl carbamates (subject to hydrolysis) is 1. The van der Waals surface area contributed by atoms with Gasteiger partial charge < -0.3 is 34.7 Å². The highest BCUT2D eigenvalue weighted by Gasteiger charge is 2.38. The molecule has 6 heterocycles. The summed E-state index contributed by atoms with van der Waals surface area (Å²) < 4.78 is 11.1. The van der Waals surface area contributed by atoms with Crippen molar-refractivity contribution in [3.63, 3.8) is 0 Å². The molecular weight excluding hydrogens is 598 g/mol. The maximum atomic E-state index is 13.6. The van der Waals surface area contributed by atoms with Gasteiger partial charge in [-0.3, -0.25) is 4.79 Å². The van der Waals surface area contributed by atoms with Crippen molar-refractivity contribution in [2.75, 3.05) is 20.2 Å². The van der Waals surface area contributed by atoms with E-state index < -0.39 is 12.1 Å². The largest absolute Gasteiger partial charge is 0.453 e. The molecule has 3 unspecified atom stereocenters. The zero-order chi connectivity index (χ0) is 32.2. The maximum absolute atomic E-state index is 13.6. The number of amides is 2. The molecular formula is C34H37N9O4. The molecule has 0 radical (unpaired) electrons. The van der Waals surface area contributed by atoms with E-state index >= 15 is 0 Å². The lowest BCUT2D eigenvalue weighted by Crippen LogP contribution is -2.51. The molecule has 1 fully saturated rings. The highest BCUT2D eigenvalue weighted by molar-refractivity contribution is 6.03. The number of nitrogens with zero attached hydrogens (tertiary/aromatic N) is 5. The normalized spacial score (nSPS) is 19.7. The van der Waals surface area contributed by atoms with E-state index in [9.17, 15) is 9.59 Å². The first kappa shape index (κ1) is 29.4. The molecule has 0 saturated carbocycles. The Balaban J connectivity index is 1.08. The second kappa shape index (κ2) is 11.6. The number of aromatic amines is 2. The highest BCUT2D eigenvalue weighted by atomic mass is 16.5. The number of likely N-dealkylation sites (tertiary alicyclic amines) is 1. The Morgan fingerprint density at radius 1 is 1.13 bits per heavy atom. The van der Waals surface area contributed by atoms with Crippen molar-refractivity contribution in [3.05, 3.63) is 59.6 Å². The fourth-order valence-electron chi connectivity index (χ4n) is 7.00. The Bertz CT molecular complexity index is 2040. The van der Waals surface area contributed by atoms with Gasteiger partial charge in [-0.25, -0.2) is 24.7 Å². The number of methoxy groups -OCH3 is 1. The number of hydrogen-bond donors (Lipinski definition) is 4. The Kier molecular flexibility index (Phi) is 7.27. The van der Waals surface area contributed by atoms with Gasteiger partial charge in [0, 0.05) is 34.8 Å². The van der Waals surface area contributed by atoms with Gasteiger partial charge in [0.1, 0.15) is 23.4 Å². The minimum Gasteiger partial charge on any atom is -0.453 e. The summed E-state index contributed by atoms with van der Waals surface area (Å²) in [4.78, 5) is 53.7. The molecule has 1 aliphatic carbocycles. The van der Waals surface area contributed by atoms with Gasteiger partial charge in [0.15, 0.2) is 11.4 Å². The minimum atomic E-state index is -0.696. The fraction of sp³-hybridized carbons (Fsp3) is 0.412. The van der Waals surface area contributed by atoms with Gasteiger partial charge in [0.05, 0.1) is 30.4 Å². The van der Waals surface area contributed by atoms with Gasteiger partial charge >= 0.3 is 6.09 Å². The van der Waals surface area contributed by atoms with Gasteiger partial charge in [-0.05, 0) is 56.7 Å². The van der Waals surface area contributed by atoms with Crippen LogP contribution in [-0.2, 0) is 22.4 Å². The standard InChI is InChI=1S/C34H37N9O4/c1-17(2)25(41-34(45)46-3)33(44)43-14-6-8-24(43)30-39-26-20-10-9-18(15-19(20)16-36-31(26)42-30)32-38-22-12-11-21-27(28(22)47-32)40-29(37-21)23-7-4-5-13-35-23/h4,7,9-10,15-17,23-25,35H,5-6,8,11-14H2,1-3H3,(H,37,40)(H,41,45)(H,36,39,42). The molecule has 2 amide bonds. The monoisotopic (exact) mass is 635 g/mol. The van der Waals surface area contributed by atoms with Crippen molar-refractivity contribution in [2.24, 2.45) is 5.92 Å². The summed E-state index contributed by atoms with van der Waals surface area (Å²) in [6.07, 6.45) is 9.77. The number of ether oxygens (including phenoxy) is 1. The molecule has 1 saturated heterocycles. The molecule has 0 spiro atoms. The zero-order valence-corrected chi connectivity index (χ0v) is 26.6. The number of carbonyl (C=O) groups is 2. The summed E-state index contributed by atoms with van der Waals surface area (Å²) in [6, 6.07) is 5.20. The van der Waals surface area contributed by atoms with Crippen molar-refractivity contribution in [1.29, 1.82) is 0 Å². The maximum Gasteiger partial charge on any atom is 0.407 e. The van der Waals surface area contributed by atoms with Gasteiger partial charge in [-0.1, -0.05) is 32.1 Å². The van der Waals surface area contributed by atoms with Crippen LogP contribution in [0.5, 0.6) is 0 Å². The summed E-state index contributed by atoms with van der Waals surface area (Å²) in [5, 5.41) is 8.08. The van der Waals surface area contributed by atoms with E-state index in [4.69, 9.17) is 24.1 Å². The zero-order valence-electron chi connectivity index (χ0n) is 26.6. The molecule has 13 heteroatoms. The van der Waals surface area contributed by atoms with Crippen LogP contribution in [0.3, 0.4) is 0 Å². The van der Waals surface area contributed by atoms with E-state index in [1.165, 1.54) is 7.11 Å². The number of hydrogen-bond acceptors (Lipinski definition) is 9. The second-order valence-corrected chi connectivity index (χ2v) is 12.8. The number of pyridine rings is 1. The Labute approximate surface area is 270 Å². The summed E-state index contributed by atoms with van der Waals surface area (Å²) in [5.74, 6) is 2.61. The van der Waals surface area contributed by atoms with Crippen LogP contribution < -0.4 is 10.6 Å². The van der Waals surface area contributed by atoms with E-state index in [0.29, 0.717) is 23.9 Å². The predicted molar refractivity (Wildman–Crippen MR) is 174 cm³/mol. The number of H-pyrrole nitrogens is 2. The molecule has 3 atom stereocenters. The third kappa shape index (κ3) is 5.14. The number of benzene rings is 1. The fourth-order valence-corrected chi connectivity index (χ4v) is 7.00. The van der Waals surface area contributed by atoms with Crippen molar-refractivity contribution in [3.8, 4) is 22.9 Å². The predicted octanol–water partition coefficient (Wildman–Crippen LogP) is 4.89. The van der Waals surface area contributed by atoms with Crippen molar-refractivity contribution < 1.29 is 18.7 Å². The number of rotatable bonds is 6. The average molecular weight is 636 g/mol. The lowest BCUT2D eigenvalue weighted by atomic mass is 10.0. The first-order chi connectivity index (χ1) is 22.9. The van der Waals surface area contributed by atoms with Crippen LogP contribution in [0.4, 0.5) is 4.79 Å². The molecule has 3 aliphatic rings. The molecule has 242 valence electrons. The molecule has 4 N–H and O–H groups in total. The summed E-state index contributed by atoms with van der Waals surface area (Å²) >= 11 is 0. The van der Waals surface area contributed by atoms with Crippen molar-refractivity contribution in [2.45, 2.75) is 64.1 Å². The quantitative estimate of drug-likeness (QED) is 0.190. The molecule has 5 aromatic rings. The van der Waals surface area contributed by atoms with Crippen LogP contribution in [0.25, 0.3) is 44.8 Å². The molecule has 47 heavy (non-hydrogen) atoms. The topological polar surface area (TPSA) is 167 Å². The van der Waals surface area contributed by atoms with Crippen molar-refractivity contribution >= 4 is 33.9 Å². The smallest absolute Gasteiger partial charge is 0.407 e. The SMILES string of the molecule is COC(=O)NC(C(=O)N1CCCC1c1nc2ncc3cc(-c4nc5c(o4)-c4nc(C6C=CCCN6)[nH]c4CC5)ccc3c2[nH]1)C(C)C. The number of oxazole rings is 1. The summed E-state index contributed by atoms with van der Waals surface area (Å²) in [7, 11) is 1.29. The molecule has 8 rings (SSSR count). The van der Waals surface area contributed by atoms with E-state index in [1.54, 1.807) is 4.90 Å². The van der Waals surface area contributed by atoms with Crippen LogP contribution in [0, 0.1) is 5.92 Å². The first-order valence-corrected chi connectivity index (χ1v) is 16.3. The third-order valence-electron chi connectivity index (χ3n) is 9.46. The van der Waals surface area contributed by atoms with E-state index in [2.05, 4.69) is 37.7 Å². The molecule has 0 bridgehead atoms. The summed E-state index contributed by atoms with van der Waals surface area (Å²) in [5.41, 5.74) is 5.09. The number of carbonyl (C=O) groups excluding carboxylic acids is 2. The number of nitrogens with one attached hydrogen (secondary N) is 4. The highest BCUT2D eigenvalue weighted by Crippen LogP contribution is 2.38. The van der Waals surface area contributed by atoms with Crippen molar-refractivity contribution in [1.82, 2.24) is 45.4 Å². The number of imidazole rings is 2. The Hall–Kier alpha value is -5.04. The average Bonchev–Trinajstić information content (AvgIpc) is 3.90. The lowest BCUT2D eigenvalue weighted by Gasteiger charge is -2.29. The van der Waals surface area contributed by atoms with E-state index in [1.807, 2.05) is 38.2 Å². The molecule has 2 aliphatic heterocycles. The Morgan fingerprint density at radius 2 is 2.02 bits per heavy atom. The summed E-state index contributed by atoms with van der Waals surface area (Å²) in [6.45, 7) is 5.32. The van der Waals surface area contributed by atoms with Gasteiger partial charge in [0.25, 0.3) is 0 Å². The van der Waals surface area contributed by atoms with Crippen LogP contribution in [-0.4, -0.2) is 73.0 Å². The van der Waals surface area contributed by atoms with Gasteiger partial charge in [-0.2, -0.15) is 0 Å². The van der Waals surface area contributed by atoms with Crippen LogP contribution >= 0.6 is 0 Å². The minimum absolute atomic E-state index is 0.0748. The van der Waals surface area contributed by atoms with E-state index in [-0.39, 0.29) is 23.9 Å². The molecule has 13 nitrogen and oxygen atoms in total. The number of aromatic nitrogens is 6. The number of fused-ring (bicyclic) bond motifs is 6. The van der Waals surface area contributed by atoms with Gasteiger partial charge in [0.2, 0.25) is 11.8 Å². The van der Waals surface area contributed by atoms with Gasteiger partial charge in [-0.15, -0.1) is 0 Å². The number of aryl methyl sites for hydroxylation is 2. The molecule has 1 aromatic carbocycles. The van der Waals surface area contributed by atoms with Crippen LogP contribution in [0.1, 0.15) is 68.2 Å². The van der Waals surface area contributed by atoms with E-state index in [0.717, 1.165) is 89.2 Å². The first-order valence-electron chi connectivity index (χ1n) is 16.3. The second-order valence-electron chi connectivity index (χ2n) is 12.8. The Morgan fingerprint density at radius 3 is 2.83 bits per heavy atom. The van der Waals surface area contributed by atoms with Crippen LogP contribution in [0.2, 0.25) is 0 Å². The van der Waals surface area contributed by atoms with Crippen LogP contribution in [0.15, 0.2) is 41.0 Å².